The van der Waals surface area contributed by atoms with Crippen LogP contribution in [0.25, 0.3) is 10.8 Å². The fourth-order valence-electron chi connectivity index (χ4n) is 4.88. The zero-order valence-corrected chi connectivity index (χ0v) is 23.4. The number of anilines is 1. The number of hydrogen-bond acceptors (Lipinski definition) is 3. The number of nitrogens with zero attached hydrogens (tertiary/aromatic N) is 2. The summed E-state index contributed by atoms with van der Waals surface area (Å²) < 4.78 is 0. The van der Waals surface area contributed by atoms with Crippen LogP contribution in [0.2, 0.25) is 5.02 Å². The Morgan fingerprint density at radius 3 is 1.92 bits per heavy atom. The topological polar surface area (TPSA) is 49.7 Å². The number of Topliss-reactive ketones (excluding diaryl/α,β-unsaturated/α-hetero) is 1. The van der Waals surface area contributed by atoms with Gasteiger partial charge < -0.3 is 0 Å². The third-order valence-electron chi connectivity index (χ3n) is 6.94. The normalized spacial score (nSPS) is 16.7. The first-order chi connectivity index (χ1) is 17.9. The van der Waals surface area contributed by atoms with Crippen molar-refractivity contribution in [2.45, 2.75) is 41.5 Å². The van der Waals surface area contributed by atoms with Crippen LogP contribution in [0.3, 0.4) is 0 Å². The molecule has 2 aliphatic rings. The summed E-state index contributed by atoms with van der Waals surface area (Å²) in [7, 11) is 0. The SMILES string of the molecule is CC(C)(C)C1=CC(=C2C(=O)N(c3ccccc3Cl)N=C2c2ccc3ccccc3c2)C=C(C(C)(C)C)C1=O. The van der Waals surface area contributed by atoms with Gasteiger partial charge in [-0.05, 0) is 57.5 Å². The first-order valence-electron chi connectivity index (χ1n) is 12.8. The van der Waals surface area contributed by atoms with E-state index in [4.69, 9.17) is 16.7 Å². The van der Waals surface area contributed by atoms with Gasteiger partial charge in [-0.15, -0.1) is 0 Å². The van der Waals surface area contributed by atoms with Crippen molar-refractivity contribution in [2.24, 2.45) is 15.9 Å². The number of fused-ring (bicyclic) bond motifs is 1. The summed E-state index contributed by atoms with van der Waals surface area (Å²) in [6.45, 7) is 12.1. The first kappa shape index (κ1) is 25.9. The van der Waals surface area contributed by atoms with Gasteiger partial charge in [-0.2, -0.15) is 10.1 Å². The molecular weight excluding hydrogens is 492 g/mol. The van der Waals surface area contributed by atoms with Crippen LogP contribution in [0.5, 0.6) is 0 Å². The highest BCUT2D eigenvalue weighted by Gasteiger charge is 2.39. The van der Waals surface area contributed by atoms with Crippen molar-refractivity contribution >= 4 is 45.5 Å². The van der Waals surface area contributed by atoms with Crippen LogP contribution >= 0.6 is 11.6 Å². The number of ketones is 1. The molecule has 0 spiro atoms. The van der Waals surface area contributed by atoms with Gasteiger partial charge in [-0.25, -0.2) is 0 Å². The van der Waals surface area contributed by atoms with Crippen molar-refractivity contribution in [3.8, 4) is 0 Å². The number of carbonyl (C=O) groups is 2. The zero-order chi connectivity index (χ0) is 27.4. The van der Waals surface area contributed by atoms with Crippen LogP contribution in [-0.4, -0.2) is 17.4 Å². The monoisotopic (exact) mass is 522 g/mol. The fourth-order valence-corrected chi connectivity index (χ4v) is 5.09. The van der Waals surface area contributed by atoms with Crippen LogP contribution in [0.4, 0.5) is 5.69 Å². The smallest absolute Gasteiger partial charge is 0.281 e. The van der Waals surface area contributed by atoms with Gasteiger partial charge in [0.1, 0.15) is 5.71 Å². The molecular formula is C33H31ClN2O2. The van der Waals surface area contributed by atoms with E-state index in [2.05, 4.69) is 12.1 Å². The minimum Gasteiger partial charge on any atom is -0.289 e. The maximum Gasteiger partial charge on any atom is 0.281 e. The number of rotatable bonds is 2. The van der Waals surface area contributed by atoms with Gasteiger partial charge in [0.15, 0.2) is 5.78 Å². The predicted octanol–water partition coefficient (Wildman–Crippen LogP) is 8.07. The second kappa shape index (κ2) is 9.21. The fraction of sp³-hybridized carbons (Fsp3) is 0.242. The average molecular weight is 523 g/mol. The van der Waals surface area contributed by atoms with E-state index in [1.807, 2.05) is 96.2 Å². The van der Waals surface area contributed by atoms with Gasteiger partial charge in [-0.3, -0.25) is 9.59 Å². The van der Waals surface area contributed by atoms with Crippen LogP contribution in [0.15, 0.2) is 106 Å². The third-order valence-corrected chi connectivity index (χ3v) is 7.26. The Labute approximate surface area is 229 Å². The molecule has 0 atom stereocenters. The molecule has 1 aliphatic heterocycles. The van der Waals surface area contributed by atoms with Crippen LogP contribution < -0.4 is 5.01 Å². The largest absolute Gasteiger partial charge is 0.289 e. The molecule has 4 nitrogen and oxygen atoms in total. The quantitative estimate of drug-likeness (QED) is 0.319. The van der Waals surface area contributed by atoms with E-state index >= 15 is 0 Å². The summed E-state index contributed by atoms with van der Waals surface area (Å²) in [6, 6.07) is 21.4. The molecule has 38 heavy (non-hydrogen) atoms. The molecule has 0 aromatic heterocycles. The highest BCUT2D eigenvalue weighted by Crippen LogP contribution is 2.41. The van der Waals surface area contributed by atoms with Gasteiger partial charge in [0.25, 0.3) is 5.91 Å². The second-order valence-corrected chi connectivity index (χ2v) is 12.3. The van der Waals surface area contributed by atoms with E-state index < -0.39 is 10.8 Å². The Morgan fingerprint density at radius 1 is 0.737 bits per heavy atom. The van der Waals surface area contributed by atoms with E-state index in [0.29, 0.717) is 38.7 Å². The Morgan fingerprint density at radius 2 is 1.32 bits per heavy atom. The molecule has 0 N–H and O–H groups in total. The lowest BCUT2D eigenvalue weighted by Crippen LogP contribution is -2.29. The molecule has 1 amide bonds. The average Bonchev–Trinajstić information content (AvgIpc) is 3.19. The molecule has 5 heteroatoms. The summed E-state index contributed by atoms with van der Waals surface area (Å²) in [5.41, 5.74) is 3.57. The number of carbonyl (C=O) groups excluding carboxylic acids is 2. The lowest BCUT2D eigenvalue weighted by molar-refractivity contribution is -0.115. The van der Waals surface area contributed by atoms with E-state index in [1.165, 1.54) is 5.01 Å². The van der Waals surface area contributed by atoms with E-state index in [1.54, 1.807) is 12.1 Å². The molecule has 3 aromatic carbocycles. The van der Waals surface area contributed by atoms with E-state index in [0.717, 1.165) is 16.3 Å². The molecule has 1 heterocycles. The standard InChI is InChI=1S/C33H31ClN2O2/c1-32(2,3)24-18-23(19-25(30(24)37)33(4,5)6)28-29(22-16-15-20-11-7-8-12-21(20)17-22)35-36(31(28)38)27-14-10-9-13-26(27)34/h7-19H,1-6H3. The van der Waals surface area contributed by atoms with Crippen molar-refractivity contribution in [1.82, 2.24) is 0 Å². The summed E-state index contributed by atoms with van der Waals surface area (Å²) in [6.07, 6.45) is 3.74. The van der Waals surface area contributed by atoms with E-state index in [-0.39, 0.29) is 11.7 Å². The van der Waals surface area contributed by atoms with Gasteiger partial charge in [-0.1, -0.05) is 102 Å². The Balaban J connectivity index is 1.81. The molecule has 0 bridgehead atoms. The summed E-state index contributed by atoms with van der Waals surface area (Å²) in [4.78, 5) is 27.7. The molecule has 192 valence electrons. The van der Waals surface area contributed by atoms with E-state index in [9.17, 15) is 9.59 Å². The van der Waals surface area contributed by atoms with Gasteiger partial charge >= 0.3 is 0 Å². The Bertz CT molecular complexity index is 1590. The zero-order valence-electron chi connectivity index (χ0n) is 22.6. The molecule has 0 radical (unpaired) electrons. The minimum absolute atomic E-state index is 0.0203. The lowest BCUT2D eigenvalue weighted by atomic mass is 9.71. The van der Waals surface area contributed by atoms with Crippen molar-refractivity contribution in [3.05, 3.63) is 112 Å². The van der Waals surface area contributed by atoms with Gasteiger partial charge in [0.2, 0.25) is 0 Å². The molecule has 0 unspecified atom stereocenters. The van der Waals surface area contributed by atoms with Crippen LogP contribution in [-0.2, 0) is 9.59 Å². The van der Waals surface area contributed by atoms with Crippen molar-refractivity contribution in [2.75, 3.05) is 5.01 Å². The number of hydrogen-bond donors (Lipinski definition) is 0. The molecule has 3 aromatic rings. The molecule has 1 aliphatic carbocycles. The Kier molecular flexibility index (Phi) is 6.27. The van der Waals surface area contributed by atoms with Crippen molar-refractivity contribution < 1.29 is 9.59 Å². The highest BCUT2D eigenvalue weighted by atomic mass is 35.5. The molecule has 0 saturated heterocycles. The van der Waals surface area contributed by atoms with Crippen LogP contribution in [0.1, 0.15) is 47.1 Å². The predicted molar refractivity (Wildman–Crippen MR) is 157 cm³/mol. The maximum atomic E-state index is 14.2. The number of hydrazone groups is 1. The molecule has 0 fully saturated rings. The van der Waals surface area contributed by atoms with Crippen molar-refractivity contribution in [1.29, 1.82) is 0 Å². The van der Waals surface area contributed by atoms with Gasteiger partial charge in [0.05, 0.1) is 16.3 Å². The van der Waals surface area contributed by atoms with Crippen molar-refractivity contribution in [3.63, 3.8) is 0 Å². The maximum absolute atomic E-state index is 14.2. The minimum atomic E-state index is -0.405. The number of allylic oxidation sites excluding steroid dienone is 5. The summed E-state index contributed by atoms with van der Waals surface area (Å²) in [5.74, 6) is -0.258. The molecule has 5 rings (SSSR count). The summed E-state index contributed by atoms with van der Waals surface area (Å²) >= 11 is 6.51. The number of halogens is 1. The summed E-state index contributed by atoms with van der Waals surface area (Å²) in [5, 5.41) is 8.81. The Hall–Kier alpha value is -3.76. The van der Waals surface area contributed by atoms with Crippen LogP contribution in [0, 0.1) is 10.8 Å². The number of para-hydroxylation sites is 1. The number of amides is 1. The third kappa shape index (κ3) is 4.54. The highest BCUT2D eigenvalue weighted by molar-refractivity contribution is 6.39. The second-order valence-electron chi connectivity index (χ2n) is 11.9. The molecule has 0 saturated carbocycles. The lowest BCUT2D eigenvalue weighted by Gasteiger charge is -2.31. The number of benzene rings is 3. The first-order valence-corrected chi connectivity index (χ1v) is 13.1. The van der Waals surface area contributed by atoms with Gasteiger partial charge in [0, 0.05) is 16.7 Å².